The number of amides is 2. The first-order valence-corrected chi connectivity index (χ1v) is 7.44. The first-order valence-electron chi connectivity index (χ1n) is 7.44. The molecule has 0 unspecified atom stereocenters. The van der Waals surface area contributed by atoms with Crippen LogP contribution in [0.1, 0.15) is 13.3 Å². The number of carbonyl (C=O) groups is 2. The van der Waals surface area contributed by atoms with Crippen LogP contribution in [0.2, 0.25) is 0 Å². The Bertz CT molecular complexity index is 498. The van der Waals surface area contributed by atoms with Gasteiger partial charge in [-0.1, -0.05) is 12.1 Å². The summed E-state index contributed by atoms with van der Waals surface area (Å²) in [7, 11) is 0. The highest BCUT2D eigenvalue weighted by atomic mass is 16.5. The number of hydrogen-bond donors (Lipinski definition) is 2. The molecule has 0 atom stereocenters. The number of hydrogen-bond acceptors (Lipinski definition) is 6. The standard InChI is InChI=1S/C13H22N6O3/c1-2-12(20)15-11-9-19(17-16-11)10-13(21)14-3-4-18-5-7-22-8-6-18/h9H,2-8,10H2,1H3,(H,14,21)(H,15,20). The van der Waals surface area contributed by atoms with E-state index in [-0.39, 0.29) is 18.4 Å². The molecule has 0 bridgehead atoms. The number of ether oxygens (including phenoxy) is 1. The van der Waals surface area contributed by atoms with E-state index in [1.54, 1.807) is 6.92 Å². The van der Waals surface area contributed by atoms with Crippen molar-refractivity contribution in [2.45, 2.75) is 19.9 Å². The number of rotatable bonds is 7. The number of nitrogens with zero attached hydrogens (tertiary/aromatic N) is 4. The van der Waals surface area contributed by atoms with Gasteiger partial charge in [0.15, 0.2) is 5.82 Å². The molecule has 1 aliphatic heterocycles. The van der Waals surface area contributed by atoms with E-state index in [0.717, 1.165) is 32.8 Å². The topological polar surface area (TPSA) is 101 Å². The number of nitrogens with one attached hydrogen (secondary N) is 2. The van der Waals surface area contributed by atoms with Crippen LogP contribution in [-0.4, -0.2) is 71.1 Å². The molecule has 0 saturated carbocycles. The van der Waals surface area contributed by atoms with Crippen molar-refractivity contribution in [3.05, 3.63) is 6.20 Å². The minimum Gasteiger partial charge on any atom is -0.379 e. The van der Waals surface area contributed by atoms with Gasteiger partial charge in [-0.05, 0) is 0 Å². The summed E-state index contributed by atoms with van der Waals surface area (Å²) in [5, 5.41) is 13.0. The summed E-state index contributed by atoms with van der Waals surface area (Å²) in [6.45, 7) is 6.54. The van der Waals surface area contributed by atoms with E-state index >= 15 is 0 Å². The molecule has 1 aliphatic rings. The van der Waals surface area contributed by atoms with Crippen molar-refractivity contribution in [3.63, 3.8) is 0 Å². The highest BCUT2D eigenvalue weighted by molar-refractivity contribution is 5.89. The fraction of sp³-hybridized carbons (Fsp3) is 0.692. The minimum absolute atomic E-state index is 0.0815. The Morgan fingerprint density at radius 1 is 1.32 bits per heavy atom. The summed E-state index contributed by atoms with van der Waals surface area (Å²) < 4.78 is 6.66. The fourth-order valence-corrected chi connectivity index (χ4v) is 2.05. The van der Waals surface area contributed by atoms with E-state index in [1.165, 1.54) is 10.9 Å². The van der Waals surface area contributed by atoms with Crippen molar-refractivity contribution < 1.29 is 14.3 Å². The molecule has 22 heavy (non-hydrogen) atoms. The second-order valence-corrected chi connectivity index (χ2v) is 5.01. The van der Waals surface area contributed by atoms with Gasteiger partial charge in [-0.3, -0.25) is 14.5 Å². The maximum atomic E-state index is 11.8. The summed E-state index contributed by atoms with van der Waals surface area (Å²) in [6, 6.07) is 0. The number of anilines is 1. The molecule has 2 amide bonds. The fourth-order valence-electron chi connectivity index (χ4n) is 2.05. The van der Waals surface area contributed by atoms with Crippen LogP contribution >= 0.6 is 0 Å². The van der Waals surface area contributed by atoms with Crippen LogP contribution in [0.3, 0.4) is 0 Å². The predicted octanol–water partition coefficient (Wildman–Crippen LogP) is -0.925. The van der Waals surface area contributed by atoms with E-state index in [0.29, 0.717) is 18.8 Å². The molecule has 9 nitrogen and oxygen atoms in total. The molecule has 122 valence electrons. The molecule has 2 rings (SSSR count). The highest BCUT2D eigenvalue weighted by Gasteiger charge is 2.11. The summed E-state index contributed by atoms with van der Waals surface area (Å²) in [5.41, 5.74) is 0. The van der Waals surface area contributed by atoms with Crippen molar-refractivity contribution in [2.75, 3.05) is 44.7 Å². The average molecular weight is 310 g/mol. The molecule has 1 fully saturated rings. The quantitative estimate of drug-likeness (QED) is 0.675. The van der Waals surface area contributed by atoms with Crippen LogP contribution in [0.25, 0.3) is 0 Å². The van der Waals surface area contributed by atoms with Gasteiger partial charge < -0.3 is 15.4 Å². The minimum atomic E-state index is -0.137. The molecule has 0 spiro atoms. The number of aromatic nitrogens is 3. The Kier molecular flexibility index (Phi) is 6.28. The van der Waals surface area contributed by atoms with Crippen molar-refractivity contribution >= 4 is 17.6 Å². The third-order valence-electron chi connectivity index (χ3n) is 3.29. The van der Waals surface area contributed by atoms with Gasteiger partial charge in [-0.25, -0.2) is 4.68 Å². The average Bonchev–Trinajstić information content (AvgIpc) is 2.95. The maximum absolute atomic E-state index is 11.8. The molecule has 2 heterocycles. The molecule has 0 aliphatic carbocycles. The first kappa shape index (κ1) is 16.4. The van der Waals surface area contributed by atoms with Crippen LogP contribution in [0.5, 0.6) is 0 Å². The largest absolute Gasteiger partial charge is 0.379 e. The lowest BCUT2D eigenvalue weighted by Gasteiger charge is -2.26. The van der Waals surface area contributed by atoms with Crippen LogP contribution in [-0.2, 0) is 20.9 Å². The monoisotopic (exact) mass is 310 g/mol. The lowest BCUT2D eigenvalue weighted by molar-refractivity contribution is -0.122. The second-order valence-electron chi connectivity index (χ2n) is 5.01. The SMILES string of the molecule is CCC(=O)Nc1cn(CC(=O)NCCN2CCOCC2)nn1. The third-order valence-corrected chi connectivity index (χ3v) is 3.29. The van der Waals surface area contributed by atoms with Gasteiger partial charge in [0.05, 0.1) is 19.4 Å². The van der Waals surface area contributed by atoms with Crippen LogP contribution in [0.15, 0.2) is 6.20 Å². The zero-order valence-electron chi connectivity index (χ0n) is 12.7. The van der Waals surface area contributed by atoms with E-state index in [9.17, 15) is 9.59 Å². The molecular formula is C13H22N6O3. The zero-order valence-corrected chi connectivity index (χ0v) is 12.7. The molecule has 0 radical (unpaired) electrons. The summed E-state index contributed by atoms with van der Waals surface area (Å²) in [6.07, 6.45) is 1.91. The molecule has 1 aromatic rings. The van der Waals surface area contributed by atoms with Crippen LogP contribution in [0, 0.1) is 0 Å². The zero-order chi connectivity index (χ0) is 15.8. The van der Waals surface area contributed by atoms with E-state index in [4.69, 9.17) is 4.74 Å². The van der Waals surface area contributed by atoms with E-state index < -0.39 is 0 Å². The number of morpholine rings is 1. The van der Waals surface area contributed by atoms with E-state index in [2.05, 4.69) is 25.8 Å². The molecule has 2 N–H and O–H groups in total. The maximum Gasteiger partial charge on any atom is 0.241 e. The molecular weight excluding hydrogens is 288 g/mol. The first-order chi connectivity index (χ1) is 10.7. The van der Waals surface area contributed by atoms with Gasteiger partial charge in [-0.15, -0.1) is 5.10 Å². The molecule has 1 saturated heterocycles. The van der Waals surface area contributed by atoms with Gasteiger partial charge in [-0.2, -0.15) is 0 Å². The summed E-state index contributed by atoms with van der Waals surface area (Å²) >= 11 is 0. The normalized spacial score (nSPS) is 15.5. The summed E-state index contributed by atoms with van der Waals surface area (Å²) in [5.74, 6) is 0.0847. The van der Waals surface area contributed by atoms with E-state index in [1.807, 2.05) is 0 Å². The summed E-state index contributed by atoms with van der Waals surface area (Å²) in [4.78, 5) is 25.3. The lowest BCUT2D eigenvalue weighted by atomic mass is 10.4. The molecule has 1 aromatic heterocycles. The van der Waals surface area contributed by atoms with Crippen molar-refractivity contribution in [2.24, 2.45) is 0 Å². The Morgan fingerprint density at radius 2 is 2.09 bits per heavy atom. The van der Waals surface area contributed by atoms with Crippen LogP contribution in [0.4, 0.5) is 5.82 Å². The van der Waals surface area contributed by atoms with Gasteiger partial charge in [0, 0.05) is 32.6 Å². The molecule has 0 aromatic carbocycles. The van der Waals surface area contributed by atoms with Gasteiger partial charge in [0.2, 0.25) is 11.8 Å². The van der Waals surface area contributed by atoms with Gasteiger partial charge >= 0.3 is 0 Å². The highest BCUT2D eigenvalue weighted by Crippen LogP contribution is 2.00. The Balaban J connectivity index is 1.67. The Hall–Kier alpha value is -2.00. The van der Waals surface area contributed by atoms with Crippen molar-refractivity contribution in [3.8, 4) is 0 Å². The smallest absolute Gasteiger partial charge is 0.241 e. The van der Waals surface area contributed by atoms with Gasteiger partial charge in [0.25, 0.3) is 0 Å². The third kappa shape index (κ3) is 5.41. The number of carbonyl (C=O) groups excluding carboxylic acids is 2. The molecule has 9 heteroatoms. The van der Waals surface area contributed by atoms with Crippen molar-refractivity contribution in [1.82, 2.24) is 25.2 Å². The predicted molar refractivity (Wildman–Crippen MR) is 79.2 cm³/mol. The van der Waals surface area contributed by atoms with Crippen LogP contribution < -0.4 is 10.6 Å². The Morgan fingerprint density at radius 3 is 2.82 bits per heavy atom. The van der Waals surface area contributed by atoms with Gasteiger partial charge in [0.1, 0.15) is 6.54 Å². The van der Waals surface area contributed by atoms with Crippen molar-refractivity contribution in [1.29, 1.82) is 0 Å². The lowest BCUT2D eigenvalue weighted by Crippen LogP contribution is -2.41. The Labute approximate surface area is 129 Å². The second kappa shape index (κ2) is 8.44.